The molecule has 1 aromatic heterocycles. The lowest BCUT2D eigenvalue weighted by Crippen LogP contribution is -2.06. The third kappa shape index (κ3) is 3.25. The Morgan fingerprint density at radius 1 is 1.41 bits per heavy atom. The topological polar surface area (TPSA) is 66.0 Å². The van der Waals surface area contributed by atoms with E-state index < -0.39 is 23.7 Å². The second-order valence-electron chi connectivity index (χ2n) is 4.26. The van der Waals surface area contributed by atoms with Gasteiger partial charge in [-0.15, -0.1) is 0 Å². The van der Waals surface area contributed by atoms with Gasteiger partial charge in [-0.2, -0.15) is 18.3 Å². The van der Waals surface area contributed by atoms with Crippen LogP contribution < -0.4 is 0 Å². The minimum Gasteiger partial charge on any atom is -0.478 e. The number of carbonyl (C=O) groups is 1. The maximum atomic E-state index is 13.8. The van der Waals surface area contributed by atoms with Crippen LogP contribution in [0.25, 0.3) is 0 Å². The molecule has 0 radical (unpaired) electrons. The molecule has 0 atom stereocenters. The van der Waals surface area contributed by atoms with E-state index in [2.05, 4.69) is 21.0 Å². The summed E-state index contributed by atoms with van der Waals surface area (Å²) in [6.45, 7) is 0. The number of aromatic amines is 1. The zero-order valence-electron chi connectivity index (χ0n) is 10.4. The number of carboxylic acid groups (broad SMARTS) is 1. The van der Waals surface area contributed by atoms with E-state index in [9.17, 15) is 22.4 Å². The highest BCUT2D eigenvalue weighted by Gasteiger charge is 2.36. The second-order valence-corrected chi connectivity index (χ2v) is 5.46. The van der Waals surface area contributed by atoms with Crippen LogP contribution in [-0.2, 0) is 12.6 Å². The van der Waals surface area contributed by atoms with Crippen molar-refractivity contribution in [3.8, 4) is 0 Å². The summed E-state index contributed by atoms with van der Waals surface area (Å²) in [4.78, 5) is 11.0. The molecule has 0 aliphatic carbocycles. The van der Waals surface area contributed by atoms with Crippen molar-refractivity contribution in [1.82, 2.24) is 10.2 Å². The molecule has 0 aliphatic rings. The molecule has 0 saturated heterocycles. The molecule has 10 heteroatoms. The lowest BCUT2D eigenvalue weighted by molar-refractivity contribution is -0.141. The van der Waals surface area contributed by atoms with Gasteiger partial charge in [-0.3, -0.25) is 5.10 Å². The lowest BCUT2D eigenvalue weighted by Gasteiger charge is -2.06. The summed E-state index contributed by atoms with van der Waals surface area (Å²) < 4.78 is 51.3. The molecule has 1 aromatic carbocycles. The van der Waals surface area contributed by atoms with Gasteiger partial charge in [0.15, 0.2) is 5.69 Å². The lowest BCUT2D eigenvalue weighted by atomic mass is 10.1. The summed E-state index contributed by atoms with van der Waals surface area (Å²) in [5.41, 5.74) is -1.69. The molecule has 0 bridgehead atoms. The molecular weight excluding hydrogens is 395 g/mol. The average molecular weight is 402 g/mol. The van der Waals surface area contributed by atoms with Gasteiger partial charge in [0.05, 0.1) is 20.8 Å². The van der Waals surface area contributed by atoms with Crippen LogP contribution >= 0.6 is 27.5 Å². The quantitative estimate of drug-likeness (QED) is 0.755. The van der Waals surface area contributed by atoms with E-state index in [1.807, 2.05) is 5.10 Å². The second kappa shape index (κ2) is 5.88. The number of rotatable bonds is 3. The molecule has 0 unspecified atom stereocenters. The first-order valence-corrected chi connectivity index (χ1v) is 6.79. The fraction of sp³-hybridized carbons (Fsp3) is 0.167. The standard InChI is InChI=1S/C12H6BrClF4N2O2/c13-9-8(19-20-10(9)12(16,17)18)2-4-1-5(11(21)22)6(14)3-7(4)15/h1,3H,2H2,(H,19,20)(H,21,22). The molecule has 0 fully saturated rings. The van der Waals surface area contributed by atoms with Crippen LogP contribution in [0.15, 0.2) is 16.6 Å². The first kappa shape index (κ1) is 16.8. The van der Waals surface area contributed by atoms with Crippen LogP contribution in [-0.4, -0.2) is 21.3 Å². The van der Waals surface area contributed by atoms with E-state index in [-0.39, 0.29) is 32.7 Å². The van der Waals surface area contributed by atoms with Crippen LogP contribution in [0.3, 0.4) is 0 Å². The zero-order valence-corrected chi connectivity index (χ0v) is 12.8. The summed E-state index contributed by atoms with van der Waals surface area (Å²) in [6, 6.07) is 1.76. The molecular formula is C12H6BrClF4N2O2. The van der Waals surface area contributed by atoms with Gasteiger partial charge in [0.1, 0.15) is 5.82 Å². The maximum absolute atomic E-state index is 13.8. The van der Waals surface area contributed by atoms with Gasteiger partial charge in [0.25, 0.3) is 0 Å². The number of carboxylic acids is 1. The third-order valence-electron chi connectivity index (χ3n) is 2.78. The number of nitrogens with zero attached hydrogens (tertiary/aromatic N) is 1. The largest absolute Gasteiger partial charge is 0.478 e. The summed E-state index contributed by atoms with van der Waals surface area (Å²) >= 11 is 8.35. The minimum absolute atomic E-state index is 0.107. The van der Waals surface area contributed by atoms with Gasteiger partial charge in [0, 0.05) is 6.42 Å². The molecule has 2 aromatic rings. The van der Waals surface area contributed by atoms with E-state index in [1.54, 1.807) is 0 Å². The highest BCUT2D eigenvalue weighted by atomic mass is 79.9. The summed E-state index contributed by atoms with van der Waals surface area (Å²) in [5, 5.41) is 13.9. The van der Waals surface area contributed by atoms with Gasteiger partial charge >= 0.3 is 12.1 Å². The normalized spacial score (nSPS) is 11.7. The number of aromatic carboxylic acids is 1. The molecule has 22 heavy (non-hydrogen) atoms. The Hall–Kier alpha value is -1.61. The SMILES string of the molecule is O=C(O)c1cc(Cc2n[nH]c(C(F)(F)F)c2Br)c(F)cc1Cl. The number of hydrogen-bond donors (Lipinski definition) is 2. The van der Waals surface area contributed by atoms with Crippen LogP contribution in [0.1, 0.15) is 27.3 Å². The molecule has 1 heterocycles. The zero-order chi connectivity index (χ0) is 16.7. The molecule has 2 rings (SSSR count). The number of hydrogen-bond acceptors (Lipinski definition) is 2. The Bertz CT molecular complexity index is 745. The van der Waals surface area contributed by atoms with Crippen LogP contribution in [0.2, 0.25) is 5.02 Å². The van der Waals surface area contributed by atoms with Crippen molar-refractivity contribution >= 4 is 33.5 Å². The van der Waals surface area contributed by atoms with Crippen molar-refractivity contribution in [1.29, 1.82) is 0 Å². The molecule has 0 spiro atoms. The highest BCUT2D eigenvalue weighted by Crippen LogP contribution is 2.35. The van der Waals surface area contributed by atoms with E-state index in [0.717, 1.165) is 12.1 Å². The Labute approximate surface area is 134 Å². The Kier molecular flexibility index (Phi) is 4.48. The minimum atomic E-state index is -4.64. The first-order chi connectivity index (χ1) is 10.1. The van der Waals surface area contributed by atoms with Gasteiger partial charge in [0.2, 0.25) is 0 Å². The number of alkyl halides is 3. The first-order valence-electron chi connectivity index (χ1n) is 5.62. The van der Waals surface area contributed by atoms with Crippen LogP contribution in [0, 0.1) is 5.82 Å². The molecule has 118 valence electrons. The van der Waals surface area contributed by atoms with Gasteiger partial charge < -0.3 is 5.11 Å². The van der Waals surface area contributed by atoms with E-state index in [1.165, 1.54) is 0 Å². The number of halogens is 6. The summed E-state index contributed by atoms with van der Waals surface area (Å²) in [6.07, 6.45) is -4.98. The number of aromatic nitrogens is 2. The van der Waals surface area contributed by atoms with E-state index in [4.69, 9.17) is 16.7 Å². The Morgan fingerprint density at radius 3 is 2.55 bits per heavy atom. The van der Waals surface area contributed by atoms with Crippen molar-refractivity contribution in [3.05, 3.63) is 50.0 Å². The maximum Gasteiger partial charge on any atom is 0.433 e. The number of H-pyrrole nitrogens is 1. The van der Waals surface area contributed by atoms with E-state index in [0.29, 0.717) is 0 Å². The van der Waals surface area contributed by atoms with E-state index >= 15 is 0 Å². The van der Waals surface area contributed by atoms with Crippen LogP contribution in [0.4, 0.5) is 17.6 Å². The summed E-state index contributed by atoms with van der Waals surface area (Å²) in [7, 11) is 0. The van der Waals surface area contributed by atoms with Gasteiger partial charge in [-0.1, -0.05) is 11.6 Å². The molecule has 0 saturated carbocycles. The fourth-order valence-corrected chi connectivity index (χ4v) is 2.52. The van der Waals surface area contributed by atoms with Crippen LogP contribution in [0.5, 0.6) is 0 Å². The highest BCUT2D eigenvalue weighted by molar-refractivity contribution is 9.10. The van der Waals surface area contributed by atoms with Crippen molar-refractivity contribution in [2.75, 3.05) is 0 Å². The number of benzene rings is 1. The van der Waals surface area contributed by atoms with Crippen molar-refractivity contribution in [2.45, 2.75) is 12.6 Å². The van der Waals surface area contributed by atoms with Crippen molar-refractivity contribution < 1.29 is 27.5 Å². The predicted octanol–water partition coefficient (Wildman–Crippen LogP) is 4.27. The van der Waals surface area contributed by atoms with Crippen molar-refractivity contribution in [2.24, 2.45) is 0 Å². The molecule has 0 amide bonds. The van der Waals surface area contributed by atoms with Crippen molar-refractivity contribution in [3.63, 3.8) is 0 Å². The summed E-state index contributed by atoms with van der Waals surface area (Å²) in [5.74, 6) is -2.21. The monoisotopic (exact) mass is 400 g/mol. The fourth-order valence-electron chi connectivity index (χ4n) is 1.74. The number of nitrogens with one attached hydrogen (secondary N) is 1. The third-order valence-corrected chi connectivity index (χ3v) is 3.95. The molecule has 0 aliphatic heterocycles. The van der Waals surface area contributed by atoms with Gasteiger partial charge in [-0.05, 0) is 33.6 Å². The average Bonchev–Trinajstić information content (AvgIpc) is 2.73. The Morgan fingerprint density at radius 2 is 2.05 bits per heavy atom. The Balaban J connectivity index is 2.42. The molecule has 2 N–H and O–H groups in total. The predicted molar refractivity (Wildman–Crippen MR) is 72.5 cm³/mol. The molecule has 4 nitrogen and oxygen atoms in total. The van der Waals surface area contributed by atoms with Gasteiger partial charge in [-0.25, -0.2) is 9.18 Å². The smallest absolute Gasteiger partial charge is 0.433 e.